The molecule has 0 aromatic heterocycles. The van der Waals surface area contributed by atoms with Crippen LogP contribution in [0.1, 0.15) is 24.8 Å². The fraction of sp³-hybridized carbons (Fsp3) is 0.500. The van der Waals surface area contributed by atoms with Crippen molar-refractivity contribution >= 4 is 11.4 Å². The zero-order valence-corrected chi connectivity index (χ0v) is 9.77. The molecule has 0 atom stereocenters. The van der Waals surface area contributed by atoms with Crippen molar-refractivity contribution in [2.24, 2.45) is 0 Å². The number of nitro groups is 1. The zero-order valence-electron chi connectivity index (χ0n) is 9.77. The number of nitro benzene ring substituents is 1. The summed E-state index contributed by atoms with van der Waals surface area (Å²) in [4.78, 5) is 10.2. The molecule has 1 aromatic carbocycles. The van der Waals surface area contributed by atoms with Crippen LogP contribution in [0.25, 0.3) is 0 Å². The second-order valence-corrected chi connectivity index (χ2v) is 4.69. The molecule has 0 bridgehead atoms. The van der Waals surface area contributed by atoms with E-state index in [1.165, 1.54) is 12.1 Å². The molecule has 0 saturated heterocycles. The Bertz CT molecular complexity index is 441. The minimum absolute atomic E-state index is 0.0682. The molecule has 0 spiro atoms. The summed E-state index contributed by atoms with van der Waals surface area (Å²) in [5.41, 5.74) is 1.11. The van der Waals surface area contributed by atoms with Gasteiger partial charge in [-0.1, -0.05) is 6.07 Å². The van der Waals surface area contributed by atoms with Gasteiger partial charge in [-0.3, -0.25) is 10.1 Å². The largest absolute Gasteiger partial charge is 0.388 e. The van der Waals surface area contributed by atoms with Crippen molar-refractivity contribution in [3.05, 3.63) is 33.9 Å². The van der Waals surface area contributed by atoms with E-state index >= 15 is 0 Å². The quantitative estimate of drug-likeness (QED) is 0.621. The van der Waals surface area contributed by atoms with Crippen LogP contribution in [0.15, 0.2) is 18.2 Å². The summed E-state index contributed by atoms with van der Waals surface area (Å²) in [5, 5.41) is 23.7. The summed E-state index contributed by atoms with van der Waals surface area (Å²) >= 11 is 0. The third-order valence-electron chi connectivity index (χ3n) is 3.32. The number of anilines is 1. The minimum atomic E-state index is -0.628. The van der Waals surface area contributed by atoms with E-state index in [9.17, 15) is 15.2 Å². The van der Waals surface area contributed by atoms with E-state index in [0.29, 0.717) is 6.54 Å². The van der Waals surface area contributed by atoms with Crippen molar-refractivity contribution in [1.82, 2.24) is 0 Å². The molecule has 1 aliphatic rings. The van der Waals surface area contributed by atoms with Crippen LogP contribution in [0.3, 0.4) is 0 Å². The van der Waals surface area contributed by atoms with E-state index < -0.39 is 10.5 Å². The van der Waals surface area contributed by atoms with E-state index in [-0.39, 0.29) is 5.69 Å². The number of aliphatic hydroxyl groups is 1. The normalized spacial score (nSPS) is 17.3. The predicted molar refractivity (Wildman–Crippen MR) is 65.1 cm³/mol. The monoisotopic (exact) mass is 236 g/mol. The molecule has 17 heavy (non-hydrogen) atoms. The lowest BCUT2D eigenvalue weighted by Crippen LogP contribution is -2.43. The molecule has 0 aliphatic heterocycles. The Morgan fingerprint density at radius 3 is 2.76 bits per heavy atom. The van der Waals surface area contributed by atoms with Gasteiger partial charge in [-0.25, -0.2) is 0 Å². The van der Waals surface area contributed by atoms with Crippen LogP contribution >= 0.6 is 0 Å². The highest BCUT2D eigenvalue weighted by atomic mass is 16.6. The molecule has 0 heterocycles. The first-order valence-electron chi connectivity index (χ1n) is 5.71. The van der Waals surface area contributed by atoms with Gasteiger partial charge in [0.25, 0.3) is 5.69 Å². The number of hydrogen-bond donors (Lipinski definition) is 2. The van der Waals surface area contributed by atoms with E-state index in [0.717, 1.165) is 30.5 Å². The molecule has 2 rings (SSSR count). The molecule has 0 unspecified atom stereocenters. The number of nitrogens with zero attached hydrogens (tertiary/aromatic N) is 1. The molecule has 1 fully saturated rings. The molecule has 5 heteroatoms. The van der Waals surface area contributed by atoms with E-state index in [2.05, 4.69) is 5.32 Å². The zero-order chi connectivity index (χ0) is 12.5. The second kappa shape index (κ2) is 4.33. The molecule has 1 aromatic rings. The van der Waals surface area contributed by atoms with Crippen molar-refractivity contribution in [3.8, 4) is 0 Å². The van der Waals surface area contributed by atoms with Gasteiger partial charge in [-0.15, -0.1) is 0 Å². The highest BCUT2D eigenvalue weighted by Crippen LogP contribution is 2.32. The molecule has 2 N–H and O–H groups in total. The third-order valence-corrected chi connectivity index (χ3v) is 3.32. The van der Waals surface area contributed by atoms with Crippen LogP contribution in [-0.4, -0.2) is 22.2 Å². The number of aryl methyl sites for hydroxylation is 1. The first kappa shape index (κ1) is 11.9. The van der Waals surface area contributed by atoms with Gasteiger partial charge in [0.2, 0.25) is 0 Å². The van der Waals surface area contributed by atoms with Gasteiger partial charge in [0.1, 0.15) is 0 Å². The van der Waals surface area contributed by atoms with Gasteiger partial charge in [-0.05, 0) is 31.7 Å². The summed E-state index contributed by atoms with van der Waals surface area (Å²) in [7, 11) is 0. The molecule has 5 nitrogen and oxygen atoms in total. The number of nitrogens with one attached hydrogen (secondary N) is 1. The first-order chi connectivity index (χ1) is 8.00. The lowest BCUT2D eigenvalue weighted by molar-refractivity contribution is -0.384. The van der Waals surface area contributed by atoms with E-state index in [4.69, 9.17) is 0 Å². The minimum Gasteiger partial charge on any atom is -0.388 e. The summed E-state index contributed by atoms with van der Waals surface area (Å²) in [6.45, 7) is 2.34. The molecular formula is C12H16N2O3. The Hall–Kier alpha value is -1.62. The Morgan fingerprint density at radius 1 is 1.53 bits per heavy atom. The van der Waals surface area contributed by atoms with Crippen molar-refractivity contribution in [2.45, 2.75) is 31.8 Å². The predicted octanol–water partition coefficient (Wildman–Crippen LogP) is 2.23. The smallest absolute Gasteiger partial charge is 0.271 e. The fourth-order valence-electron chi connectivity index (χ4n) is 1.94. The maximum absolute atomic E-state index is 10.7. The van der Waals surface area contributed by atoms with Crippen LogP contribution in [0, 0.1) is 17.0 Å². The number of hydrogen-bond acceptors (Lipinski definition) is 4. The molecule has 1 saturated carbocycles. The van der Waals surface area contributed by atoms with Crippen molar-refractivity contribution < 1.29 is 10.0 Å². The van der Waals surface area contributed by atoms with Gasteiger partial charge in [-0.2, -0.15) is 0 Å². The molecule has 92 valence electrons. The number of benzene rings is 1. The summed E-state index contributed by atoms with van der Waals surface area (Å²) in [5.74, 6) is 0. The highest BCUT2D eigenvalue weighted by molar-refractivity contribution is 5.57. The van der Waals surface area contributed by atoms with E-state index in [1.807, 2.05) is 6.92 Å². The van der Waals surface area contributed by atoms with Gasteiger partial charge < -0.3 is 10.4 Å². The maximum Gasteiger partial charge on any atom is 0.271 e. The summed E-state index contributed by atoms with van der Waals surface area (Å²) in [6, 6.07) is 4.71. The Labute approximate surface area is 99.6 Å². The van der Waals surface area contributed by atoms with Gasteiger partial charge >= 0.3 is 0 Å². The third kappa shape index (κ3) is 2.55. The average Bonchev–Trinajstić information content (AvgIpc) is 2.25. The lowest BCUT2D eigenvalue weighted by Gasteiger charge is -2.37. The maximum atomic E-state index is 10.7. The van der Waals surface area contributed by atoms with Crippen LogP contribution in [0.4, 0.5) is 11.4 Å². The summed E-state index contributed by atoms with van der Waals surface area (Å²) < 4.78 is 0. The first-order valence-corrected chi connectivity index (χ1v) is 5.71. The number of non-ortho nitro benzene ring substituents is 1. The van der Waals surface area contributed by atoms with E-state index in [1.54, 1.807) is 6.07 Å². The van der Waals surface area contributed by atoms with Crippen LogP contribution in [0.2, 0.25) is 0 Å². The second-order valence-electron chi connectivity index (χ2n) is 4.69. The van der Waals surface area contributed by atoms with Crippen molar-refractivity contribution in [1.29, 1.82) is 0 Å². The Morgan fingerprint density at radius 2 is 2.24 bits per heavy atom. The Balaban J connectivity index is 2.08. The molecule has 0 amide bonds. The SMILES string of the molecule is Cc1ccc([N+](=O)[O-])cc1NCC1(O)CCC1. The van der Waals surface area contributed by atoms with Gasteiger partial charge in [0, 0.05) is 24.4 Å². The molecule has 0 radical (unpaired) electrons. The van der Waals surface area contributed by atoms with Gasteiger partial charge in [0.05, 0.1) is 10.5 Å². The van der Waals surface area contributed by atoms with Crippen LogP contribution < -0.4 is 5.32 Å². The summed E-state index contributed by atoms with van der Waals surface area (Å²) in [6.07, 6.45) is 2.65. The standard InChI is InChI=1S/C12H16N2O3/c1-9-3-4-10(14(16)17)7-11(9)13-8-12(15)5-2-6-12/h3-4,7,13,15H,2,5-6,8H2,1H3. The number of rotatable bonds is 4. The van der Waals surface area contributed by atoms with Crippen LogP contribution in [-0.2, 0) is 0 Å². The Kier molecular flexibility index (Phi) is 3.02. The average molecular weight is 236 g/mol. The van der Waals surface area contributed by atoms with Crippen LogP contribution in [0.5, 0.6) is 0 Å². The molecular weight excluding hydrogens is 220 g/mol. The van der Waals surface area contributed by atoms with Gasteiger partial charge in [0.15, 0.2) is 0 Å². The van der Waals surface area contributed by atoms with Crippen molar-refractivity contribution in [3.63, 3.8) is 0 Å². The fourth-order valence-corrected chi connectivity index (χ4v) is 1.94. The van der Waals surface area contributed by atoms with Crippen molar-refractivity contribution in [2.75, 3.05) is 11.9 Å². The highest BCUT2D eigenvalue weighted by Gasteiger charge is 2.34. The topological polar surface area (TPSA) is 75.4 Å². The lowest BCUT2D eigenvalue weighted by atomic mass is 9.80. The molecule has 1 aliphatic carbocycles.